The lowest BCUT2D eigenvalue weighted by Gasteiger charge is -2.36. The van der Waals surface area contributed by atoms with E-state index in [0.29, 0.717) is 23.5 Å². The topological polar surface area (TPSA) is 120 Å². The van der Waals surface area contributed by atoms with Gasteiger partial charge in [-0.1, -0.05) is 0 Å². The molecule has 0 spiro atoms. The lowest BCUT2D eigenvalue weighted by Crippen LogP contribution is -2.47. The summed E-state index contributed by atoms with van der Waals surface area (Å²) in [6, 6.07) is 14.5. The van der Waals surface area contributed by atoms with Crippen LogP contribution in [0.2, 0.25) is 0 Å². The van der Waals surface area contributed by atoms with Crippen LogP contribution in [0.15, 0.2) is 60.9 Å². The zero-order valence-corrected chi connectivity index (χ0v) is 22.7. The number of imidazole rings is 1. The van der Waals surface area contributed by atoms with Gasteiger partial charge in [-0.3, -0.25) is 14.4 Å². The Hall–Kier alpha value is -5.22. The fraction of sp³-hybridized carbons (Fsp3) is 0.241. The number of anilines is 2. The number of hydrogen-bond donors (Lipinski definition) is 1. The number of nitrogens with one attached hydrogen (secondary N) is 1. The summed E-state index contributed by atoms with van der Waals surface area (Å²) in [5, 5.41) is 21.3. The number of nitriles is 1. The predicted octanol–water partition coefficient (Wildman–Crippen LogP) is 3.76. The third-order valence-corrected chi connectivity index (χ3v) is 7.15. The summed E-state index contributed by atoms with van der Waals surface area (Å²) < 4.78 is 30.7. The molecule has 6 rings (SSSR count). The van der Waals surface area contributed by atoms with Crippen molar-refractivity contribution >= 4 is 23.2 Å². The molecule has 13 heteroatoms. The summed E-state index contributed by atoms with van der Waals surface area (Å²) >= 11 is 0. The molecule has 212 valence electrons. The molecule has 4 aromatic heterocycles. The van der Waals surface area contributed by atoms with E-state index < -0.39 is 11.9 Å². The van der Waals surface area contributed by atoms with Crippen LogP contribution in [-0.4, -0.2) is 72.9 Å². The molecule has 0 bridgehead atoms. The van der Waals surface area contributed by atoms with Gasteiger partial charge in [-0.25, -0.2) is 18.9 Å². The number of hydrogen-bond acceptors (Lipinski definition) is 8. The maximum Gasteiger partial charge on any atom is 0.257 e. The lowest BCUT2D eigenvalue weighted by atomic mass is 10.0. The van der Waals surface area contributed by atoms with Crippen molar-refractivity contribution in [1.29, 1.82) is 5.26 Å². The summed E-state index contributed by atoms with van der Waals surface area (Å²) in [7, 11) is 1.87. The Morgan fingerprint density at radius 3 is 2.57 bits per heavy atom. The van der Waals surface area contributed by atoms with E-state index >= 15 is 0 Å². The van der Waals surface area contributed by atoms with Crippen LogP contribution >= 0.6 is 0 Å². The Morgan fingerprint density at radius 2 is 1.83 bits per heavy atom. The van der Waals surface area contributed by atoms with Gasteiger partial charge >= 0.3 is 0 Å². The molecule has 1 saturated heterocycles. The summed E-state index contributed by atoms with van der Waals surface area (Å²) in [5.41, 5.74) is 3.40. The highest BCUT2D eigenvalue weighted by Gasteiger charge is 2.27. The number of halogens is 2. The van der Waals surface area contributed by atoms with Crippen molar-refractivity contribution in [3.8, 4) is 28.6 Å². The van der Waals surface area contributed by atoms with Crippen LogP contribution in [0.5, 0.6) is 0 Å². The maximum absolute atomic E-state index is 13.8. The van der Waals surface area contributed by atoms with Crippen molar-refractivity contribution in [2.45, 2.75) is 6.42 Å². The summed E-state index contributed by atoms with van der Waals surface area (Å²) in [6.07, 6.45) is 3.29. The quantitative estimate of drug-likeness (QED) is 0.295. The highest BCUT2D eigenvalue weighted by Crippen LogP contribution is 2.39. The van der Waals surface area contributed by atoms with Crippen LogP contribution in [0.25, 0.3) is 28.2 Å². The number of rotatable bonds is 7. The van der Waals surface area contributed by atoms with E-state index in [1.165, 1.54) is 24.4 Å². The summed E-state index contributed by atoms with van der Waals surface area (Å²) in [6.45, 7) is 3.81. The first kappa shape index (κ1) is 27.0. The largest absolute Gasteiger partial charge is 0.354 e. The van der Waals surface area contributed by atoms with Crippen molar-refractivity contribution < 1.29 is 13.6 Å². The van der Waals surface area contributed by atoms with E-state index in [2.05, 4.69) is 31.2 Å². The van der Waals surface area contributed by atoms with Crippen LogP contribution in [0.1, 0.15) is 16.8 Å². The van der Waals surface area contributed by atoms with Crippen LogP contribution in [0, 0.1) is 23.1 Å². The minimum atomic E-state index is -0.753. The Balaban J connectivity index is 1.36. The summed E-state index contributed by atoms with van der Waals surface area (Å²) in [5.74, 6) is -0.499. The predicted molar refractivity (Wildman–Crippen MR) is 152 cm³/mol. The minimum absolute atomic E-state index is 0.116. The second-order valence-electron chi connectivity index (χ2n) is 9.88. The Bertz CT molecular complexity index is 1800. The molecule has 0 unspecified atom stereocenters. The number of carbonyl (C=O) groups is 1. The highest BCUT2D eigenvalue weighted by molar-refractivity contribution is 6.03. The van der Waals surface area contributed by atoms with Gasteiger partial charge in [-0.15, -0.1) is 0 Å². The molecule has 42 heavy (non-hydrogen) atoms. The molecule has 5 heterocycles. The van der Waals surface area contributed by atoms with Gasteiger partial charge in [-0.05, 0) is 42.5 Å². The van der Waals surface area contributed by atoms with E-state index in [-0.39, 0.29) is 17.2 Å². The number of pyridine rings is 1. The maximum atomic E-state index is 13.8. The second kappa shape index (κ2) is 11.3. The van der Waals surface area contributed by atoms with E-state index in [1.54, 1.807) is 28.9 Å². The fourth-order valence-electron chi connectivity index (χ4n) is 5.12. The standard InChI is InChI=1S/C29H26F2N10O/c1-38-29(40-15-13-39(14-16-40)12-2-10-32)26(27(37-38)19-3-5-21(30)6-4-19)22-7-8-25-34-24(18-41(25)36-22)35-28(42)20-9-11-33-23(31)17-20/h3-9,11,17-18H,2,12-16H2,1H3,(H,35,42). The molecule has 1 aromatic carbocycles. The van der Waals surface area contributed by atoms with Crippen molar-refractivity contribution in [3.05, 3.63) is 78.3 Å². The van der Waals surface area contributed by atoms with E-state index in [1.807, 2.05) is 17.8 Å². The minimum Gasteiger partial charge on any atom is -0.354 e. The first-order valence-corrected chi connectivity index (χ1v) is 13.4. The average molecular weight is 569 g/mol. The number of fused-ring (bicyclic) bond motifs is 1. The molecule has 11 nitrogen and oxygen atoms in total. The smallest absolute Gasteiger partial charge is 0.257 e. The van der Waals surface area contributed by atoms with Crippen LogP contribution in [0.3, 0.4) is 0 Å². The zero-order valence-electron chi connectivity index (χ0n) is 22.7. The Labute approximate surface area is 239 Å². The molecule has 1 fully saturated rings. The first-order valence-electron chi connectivity index (χ1n) is 13.4. The number of aryl methyl sites for hydroxylation is 1. The lowest BCUT2D eigenvalue weighted by molar-refractivity contribution is 0.102. The van der Waals surface area contributed by atoms with E-state index in [4.69, 9.17) is 15.5 Å². The van der Waals surface area contributed by atoms with Gasteiger partial charge in [0.15, 0.2) is 11.5 Å². The van der Waals surface area contributed by atoms with Crippen molar-refractivity contribution in [2.75, 3.05) is 42.9 Å². The average Bonchev–Trinajstić information content (AvgIpc) is 3.56. The van der Waals surface area contributed by atoms with Gasteiger partial charge in [0.2, 0.25) is 5.95 Å². The number of piperazine rings is 1. The number of nitrogens with zero attached hydrogens (tertiary/aromatic N) is 9. The van der Waals surface area contributed by atoms with E-state index in [0.717, 1.165) is 55.7 Å². The normalized spacial score (nSPS) is 13.8. The first-order chi connectivity index (χ1) is 20.4. The van der Waals surface area contributed by atoms with Crippen molar-refractivity contribution in [1.82, 2.24) is 34.3 Å². The molecule has 0 atom stereocenters. The molecule has 5 aromatic rings. The van der Waals surface area contributed by atoms with Crippen molar-refractivity contribution in [3.63, 3.8) is 0 Å². The van der Waals surface area contributed by atoms with Crippen LogP contribution < -0.4 is 10.2 Å². The Kier molecular flexibility index (Phi) is 7.28. The molecule has 0 saturated carbocycles. The molecule has 0 radical (unpaired) electrons. The third kappa shape index (κ3) is 5.39. The van der Waals surface area contributed by atoms with Crippen LogP contribution in [-0.2, 0) is 7.05 Å². The van der Waals surface area contributed by atoms with Gasteiger partial charge < -0.3 is 10.2 Å². The van der Waals surface area contributed by atoms with Crippen LogP contribution in [0.4, 0.5) is 20.4 Å². The molecule has 1 aliphatic rings. The number of aromatic nitrogens is 6. The highest BCUT2D eigenvalue weighted by atomic mass is 19.1. The second-order valence-corrected chi connectivity index (χ2v) is 9.88. The molecule has 1 aliphatic heterocycles. The number of amides is 1. The zero-order chi connectivity index (χ0) is 29.2. The summed E-state index contributed by atoms with van der Waals surface area (Å²) in [4.78, 5) is 25.0. The molecular weight excluding hydrogens is 542 g/mol. The molecule has 0 aliphatic carbocycles. The van der Waals surface area contributed by atoms with Gasteiger partial charge in [0.25, 0.3) is 5.91 Å². The molecule has 1 amide bonds. The van der Waals surface area contributed by atoms with Gasteiger partial charge in [-0.2, -0.15) is 19.8 Å². The Morgan fingerprint density at radius 1 is 1.05 bits per heavy atom. The number of benzene rings is 1. The fourth-order valence-corrected chi connectivity index (χ4v) is 5.12. The van der Waals surface area contributed by atoms with E-state index in [9.17, 15) is 13.6 Å². The molecular formula is C29H26F2N10O. The molecule has 1 N–H and O–H groups in total. The third-order valence-electron chi connectivity index (χ3n) is 7.15. The van der Waals surface area contributed by atoms with Gasteiger partial charge in [0, 0.05) is 69.6 Å². The van der Waals surface area contributed by atoms with Gasteiger partial charge in [0.1, 0.15) is 17.3 Å². The van der Waals surface area contributed by atoms with Gasteiger partial charge in [0.05, 0.1) is 23.5 Å². The SMILES string of the molecule is Cn1nc(-c2ccc(F)cc2)c(-c2ccc3nc(NC(=O)c4ccnc(F)c4)cn3n2)c1N1CCN(CCC#N)CC1. The monoisotopic (exact) mass is 568 g/mol. The van der Waals surface area contributed by atoms with Crippen molar-refractivity contribution in [2.24, 2.45) is 7.05 Å². The number of carbonyl (C=O) groups excluding carboxylic acids is 1.